The normalized spacial score (nSPS) is 11.6. The summed E-state index contributed by atoms with van der Waals surface area (Å²) < 4.78 is 39.3. The number of hydrogen-bond donors (Lipinski definition) is 1. The molecule has 0 aliphatic carbocycles. The molecular formula is C20H22N2O4S. The number of methoxy groups -OCH3 is 1. The van der Waals surface area contributed by atoms with E-state index in [-0.39, 0.29) is 10.8 Å². The summed E-state index contributed by atoms with van der Waals surface area (Å²) in [5.41, 5.74) is 2.55. The highest BCUT2D eigenvalue weighted by molar-refractivity contribution is 7.92. The predicted octanol–water partition coefficient (Wildman–Crippen LogP) is 4.58. The standard InChI is InChI=1S/C20H22N2O4S/c1-13(2)18-9-8-15(19-10-14(3)21-26-19)11-20(18)27(23,24)22-16-6-5-7-17(12-16)25-4/h5-13,22H,1-4H3. The number of ether oxygens (including phenoxy) is 1. The Morgan fingerprint density at radius 2 is 1.89 bits per heavy atom. The van der Waals surface area contributed by atoms with Gasteiger partial charge in [-0.15, -0.1) is 0 Å². The van der Waals surface area contributed by atoms with Crippen molar-refractivity contribution in [1.82, 2.24) is 5.16 Å². The van der Waals surface area contributed by atoms with Crippen LogP contribution in [-0.2, 0) is 10.0 Å². The smallest absolute Gasteiger partial charge is 0.262 e. The van der Waals surface area contributed by atoms with Crippen LogP contribution < -0.4 is 9.46 Å². The lowest BCUT2D eigenvalue weighted by molar-refractivity contribution is 0.415. The van der Waals surface area contributed by atoms with Crippen LogP contribution in [0.2, 0.25) is 0 Å². The fraction of sp³-hybridized carbons (Fsp3) is 0.250. The molecule has 3 rings (SSSR count). The van der Waals surface area contributed by atoms with E-state index in [1.807, 2.05) is 32.9 Å². The molecule has 27 heavy (non-hydrogen) atoms. The van der Waals surface area contributed by atoms with Crippen LogP contribution >= 0.6 is 0 Å². The van der Waals surface area contributed by atoms with E-state index < -0.39 is 10.0 Å². The molecule has 0 saturated heterocycles. The fourth-order valence-electron chi connectivity index (χ4n) is 2.79. The van der Waals surface area contributed by atoms with Crippen LogP contribution in [0.15, 0.2) is 57.9 Å². The Morgan fingerprint density at radius 1 is 1.11 bits per heavy atom. The lowest BCUT2D eigenvalue weighted by Gasteiger charge is -2.16. The van der Waals surface area contributed by atoms with E-state index >= 15 is 0 Å². The van der Waals surface area contributed by atoms with Crippen molar-refractivity contribution < 1.29 is 17.7 Å². The van der Waals surface area contributed by atoms with Crippen LogP contribution in [0.5, 0.6) is 5.75 Å². The maximum atomic E-state index is 13.1. The third kappa shape index (κ3) is 4.14. The monoisotopic (exact) mass is 386 g/mol. The SMILES string of the molecule is COc1cccc(NS(=O)(=O)c2cc(-c3cc(C)no3)ccc2C(C)C)c1. The number of aromatic nitrogens is 1. The third-order valence-electron chi connectivity index (χ3n) is 4.16. The van der Waals surface area contributed by atoms with Gasteiger partial charge in [0, 0.05) is 17.7 Å². The Balaban J connectivity index is 2.06. The van der Waals surface area contributed by atoms with Crippen molar-refractivity contribution in [1.29, 1.82) is 0 Å². The van der Waals surface area contributed by atoms with Crippen molar-refractivity contribution in [3.05, 3.63) is 59.8 Å². The van der Waals surface area contributed by atoms with Gasteiger partial charge in [0.1, 0.15) is 5.75 Å². The van der Waals surface area contributed by atoms with Crippen molar-refractivity contribution in [2.75, 3.05) is 11.8 Å². The van der Waals surface area contributed by atoms with E-state index in [0.717, 1.165) is 11.3 Å². The lowest BCUT2D eigenvalue weighted by Crippen LogP contribution is -2.15. The number of rotatable bonds is 6. The second-order valence-corrected chi connectivity index (χ2v) is 8.23. The first-order valence-electron chi connectivity index (χ1n) is 8.54. The molecule has 0 aliphatic rings. The summed E-state index contributed by atoms with van der Waals surface area (Å²) in [5.74, 6) is 1.14. The first-order valence-corrected chi connectivity index (χ1v) is 10.0. The summed E-state index contributed by atoms with van der Waals surface area (Å²) in [5, 5.41) is 3.88. The van der Waals surface area contributed by atoms with Gasteiger partial charge in [0.25, 0.3) is 10.0 Å². The molecule has 0 aliphatic heterocycles. The number of hydrogen-bond acceptors (Lipinski definition) is 5. The molecule has 7 heteroatoms. The number of nitrogens with one attached hydrogen (secondary N) is 1. The zero-order chi connectivity index (χ0) is 19.6. The average molecular weight is 386 g/mol. The maximum absolute atomic E-state index is 13.1. The highest BCUT2D eigenvalue weighted by Gasteiger charge is 2.22. The number of anilines is 1. The van der Waals surface area contributed by atoms with E-state index in [1.165, 1.54) is 7.11 Å². The molecule has 0 atom stereocenters. The third-order valence-corrected chi connectivity index (χ3v) is 5.60. The van der Waals surface area contributed by atoms with Crippen molar-refractivity contribution in [3.63, 3.8) is 0 Å². The fourth-order valence-corrected chi connectivity index (χ4v) is 4.24. The summed E-state index contributed by atoms with van der Waals surface area (Å²) in [6.45, 7) is 5.73. The Labute approximate surface area is 159 Å². The Hall–Kier alpha value is -2.80. The van der Waals surface area contributed by atoms with E-state index in [0.29, 0.717) is 22.8 Å². The molecular weight excluding hydrogens is 364 g/mol. The van der Waals surface area contributed by atoms with Gasteiger partial charge >= 0.3 is 0 Å². The number of aryl methyl sites for hydroxylation is 1. The number of benzene rings is 2. The minimum Gasteiger partial charge on any atom is -0.497 e. The molecule has 1 aromatic heterocycles. The predicted molar refractivity (Wildman–Crippen MR) is 105 cm³/mol. The van der Waals surface area contributed by atoms with Gasteiger partial charge in [-0.05, 0) is 36.6 Å². The topological polar surface area (TPSA) is 81.4 Å². The van der Waals surface area contributed by atoms with Crippen LogP contribution in [0.25, 0.3) is 11.3 Å². The van der Waals surface area contributed by atoms with Gasteiger partial charge in [-0.3, -0.25) is 4.72 Å². The summed E-state index contributed by atoms with van der Waals surface area (Å²) in [6.07, 6.45) is 0. The molecule has 0 saturated carbocycles. The molecule has 1 heterocycles. The van der Waals surface area contributed by atoms with Crippen molar-refractivity contribution in [3.8, 4) is 17.1 Å². The van der Waals surface area contributed by atoms with Crippen molar-refractivity contribution in [2.45, 2.75) is 31.6 Å². The van der Waals surface area contributed by atoms with E-state index in [4.69, 9.17) is 9.26 Å². The highest BCUT2D eigenvalue weighted by atomic mass is 32.2. The number of sulfonamides is 1. The molecule has 0 spiro atoms. The molecule has 142 valence electrons. The largest absolute Gasteiger partial charge is 0.497 e. The molecule has 6 nitrogen and oxygen atoms in total. The van der Waals surface area contributed by atoms with Gasteiger partial charge in [-0.1, -0.05) is 37.2 Å². The Kier molecular flexibility index (Phi) is 5.23. The van der Waals surface area contributed by atoms with Gasteiger partial charge in [-0.25, -0.2) is 8.42 Å². The van der Waals surface area contributed by atoms with E-state index in [1.54, 1.807) is 36.4 Å². The molecule has 0 fully saturated rings. The van der Waals surface area contributed by atoms with Gasteiger partial charge in [0.2, 0.25) is 0 Å². The quantitative estimate of drug-likeness (QED) is 0.670. The Bertz CT molecular complexity index is 1060. The second-order valence-electron chi connectivity index (χ2n) is 6.58. The lowest BCUT2D eigenvalue weighted by atomic mass is 10.0. The zero-order valence-electron chi connectivity index (χ0n) is 15.7. The van der Waals surface area contributed by atoms with Crippen molar-refractivity contribution in [2.24, 2.45) is 0 Å². The van der Waals surface area contributed by atoms with Crippen molar-refractivity contribution >= 4 is 15.7 Å². The second kappa shape index (κ2) is 7.44. The number of nitrogens with zero attached hydrogens (tertiary/aromatic N) is 1. The molecule has 3 aromatic rings. The first-order chi connectivity index (χ1) is 12.8. The van der Waals surface area contributed by atoms with Gasteiger partial charge < -0.3 is 9.26 Å². The molecule has 0 bridgehead atoms. The average Bonchev–Trinajstić information content (AvgIpc) is 3.07. The summed E-state index contributed by atoms with van der Waals surface area (Å²) in [7, 11) is -2.27. The summed E-state index contributed by atoms with van der Waals surface area (Å²) in [4.78, 5) is 0.215. The van der Waals surface area contributed by atoms with Crippen LogP contribution in [-0.4, -0.2) is 20.7 Å². The molecule has 0 unspecified atom stereocenters. The first kappa shape index (κ1) is 19.0. The zero-order valence-corrected chi connectivity index (χ0v) is 16.5. The van der Waals surface area contributed by atoms with E-state index in [9.17, 15) is 8.42 Å². The van der Waals surface area contributed by atoms with Crippen LogP contribution in [0.4, 0.5) is 5.69 Å². The van der Waals surface area contributed by atoms with Crippen LogP contribution in [0.1, 0.15) is 31.0 Å². The van der Waals surface area contributed by atoms with Crippen LogP contribution in [0, 0.1) is 6.92 Å². The van der Waals surface area contributed by atoms with Gasteiger partial charge in [-0.2, -0.15) is 0 Å². The van der Waals surface area contributed by atoms with Gasteiger partial charge in [0.15, 0.2) is 5.76 Å². The molecule has 2 aromatic carbocycles. The minimum absolute atomic E-state index is 0.0346. The highest BCUT2D eigenvalue weighted by Crippen LogP contribution is 2.31. The van der Waals surface area contributed by atoms with E-state index in [2.05, 4.69) is 9.88 Å². The molecule has 0 radical (unpaired) electrons. The summed E-state index contributed by atoms with van der Waals surface area (Å²) in [6, 6.07) is 13.9. The summed E-state index contributed by atoms with van der Waals surface area (Å²) >= 11 is 0. The minimum atomic E-state index is -3.81. The molecule has 0 amide bonds. The molecule has 1 N–H and O–H groups in total. The maximum Gasteiger partial charge on any atom is 0.262 e. The van der Waals surface area contributed by atoms with Gasteiger partial charge in [0.05, 0.1) is 23.4 Å². The Morgan fingerprint density at radius 3 is 2.52 bits per heavy atom. The van der Waals surface area contributed by atoms with Crippen LogP contribution in [0.3, 0.4) is 0 Å².